The smallest absolute Gasteiger partial charge is 0.255 e. The summed E-state index contributed by atoms with van der Waals surface area (Å²) in [6.45, 7) is 1.75. The molecule has 0 radical (unpaired) electrons. The summed E-state index contributed by atoms with van der Waals surface area (Å²) in [5.74, 6) is -0.720. The van der Waals surface area contributed by atoms with Gasteiger partial charge in [0.1, 0.15) is 5.82 Å². The molecule has 0 aliphatic carbocycles. The maximum atomic E-state index is 14.3. The van der Waals surface area contributed by atoms with E-state index in [0.29, 0.717) is 27.6 Å². The first-order valence-electron chi connectivity index (χ1n) is 7.55. The summed E-state index contributed by atoms with van der Waals surface area (Å²) in [5.41, 5.74) is 1.99. The third-order valence-electron chi connectivity index (χ3n) is 3.83. The zero-order chi connectivity index (χ0) is 18.0. The first-order chi connectivity index (χ1) is 12.0. The van der Waals surface area contributed by atoms with E-state index in [0.717, 1.165) is 4.47 Å². The average molecular weight is 420 g/mol. The van der Waals surface area contributed by atoms with Crippen LogP contribution in [0.15, 0.2) is 64.3 Å². The van der Waals surface area contributed by atoms with Crippen LogP contribution in [0.3, 0.4) is 0 Å². The van der Waals surface area contributed by atoms with Gasteiger partial charge in [0.05, 0.1) is 11.6 Å². The van der Waals surface area contributed by atoms with E-state index in [2.05, 4.69) is 31.9 Å². The van der Waals surface area contributed by atoms with Crippen LogP contribution in [0.2, 0.25) is 0 Å². The Morgan fingerprint density at radius 3 is 2.56 bits per heavy atom. The van der Waals surface area contributed by atoms with E-state index in [4.69, 9.17) is 12.2 Å². The van der Waals surface area contributed by atoms with Crippen molar-refractivity contribution in [2.75, 3.05) is 5.32 Å². The molecular formula is C18H15BrFN3OS. The molecule has 1 amide bonds. The first kappa shape index (κ1) is 17.6. The minimum absolute atomic E-state index is 0.324. The molecule has 1 heterocycles. The first-order valence-corrected chi connectivity index (χ1v) is 8.75. The average Bonchev–Trinajstić information content (AvgIpc) is 2.56. The Hall–Kier alpha value is -2.25. The molecular weight excluding hydrogens is 405 g/mol. The second-order valence-electron chi connectivity index (χ2n) is 5.55. The predicted octanol–water partition coefficient (Wildman–Crippen LogP) is 4.02. The van der Waals surface area contributed by atoms with Crippen molar-refractivity contribution >= 4 is 44.9 Å². The van der Waals surface area contributed by atoms with Crippen molar-refractivity contribution in [2.24, 2.45) is 0 Å². The van der Waals surface area contributed by atoms with Gasteiger partial charge in [0.2, 0.25) is 0 Å². The highest BCUT2D eigenvalue weighted by atomic mass is 79.9. The summed E-state index contributed by atoms with van der Waals surface area (Å²) >= 11 is 8.53. The molecule has 0 fully saturated rings. The predicted molar refractivity (Wildman–Crippen MR) is 103 cm³/mol. The van der Waals surface area contributed by atoms with Crippen LogP contribution < -0.4 is 16.0 Å². The molecule has 3 N–H and O–H groups in total. The number of hydrogen-bond acceptors (Lipinski definition) is 2. The van der Waals surface area contributed by atoms with Crippen molar-refractivity contribution in [3.63, 3.8) is 0 Å². The van der Waals surface area contributed by atoms with Gasteiger partial charge in [-0.3, -0.25) is 4.79 Å². The van der Waals surface area contributed by atoms with Crippen molar-refractivity contribution in [1.82, 2.24) is 10.6 Å². The number of benzene rings is 2. The number of rotatable bonds is 3. The summed E-state index contributed by atoms with van der Waals surface area (Å²) in [7, 11) is 0. The van der Waals surface area contributed by atoms with Crippen LogP contribution >= 0.6 is 28.1 Å². The van der Waals surface area contributed by atoms with Gasteiger partial charge in [0.25, 0.3) is 5.91 Å². The number of carbonyl (C=O) groups is 1. The van der Waals surface area contributed by atoms with Crippen LogP contribution in [0, 0.1) is 5.82 Å². The van der Waals surface area contributed by atoms with Gasteiger partial charge in [-0.1, -0.05) is 34.1 Å². The van der Waals surface area contributed by atoms with Crippen LogP contribution in [0.4, 0.5) is 10.1 Å². The minimum atomic E-state index is -0.662. The van der Waals surface area contributed by atoms with Crippen LogP contribution in [0.5, 0.6) is 0 Å². The summed E-state index contributed by atoms with van der Waals surface area (Å²) in [5, 5.41) is 9.11. The molecule has 0 aromatic heterocycles. The van der Waals surface area contributed by atoms with Gasteiger partial charge in [-0.2, -0.15) is 0 Å². The Labute approximate surface area is 158 Å². The van der Waals surface area contributed by atoms with E-state index < -0.39 is 11.9 Å². The van der Waals surface area contributed by atoms with Crippen molar-refractivity contribution in [2.45, 2.75) is 13.0 Å². The van der Waals surface area contributed by atoms with E-state index >= 15 is 0 Å². The monoisotopic (exact) mass is 419 g/mol. The summed E-state index contributed by atoms with van der Waals surface area (Å²) < 4.78 is 15.2. The lowest BCUT2D eigenvalue weighted by Crippen LogP contribution is -2.46. The molecule has 4 nitrogen and oxygen atoms in total. The molecule has 0 spiro atoms. The number of thiocarbonyl (C=S) groups is 1. The van der Waals surface area contributed by atoms with Crippen molar-refractivity contribution in [3.8, 4) is 0 Å². The highest BCUT2D eigenvalue weighted by molar-refractivity contribution is 9.10. The number of amides is 1. The Balaban J connectivity index is 1.96. The van der Waals surface area contributed by atoms with Crippen LogP contribution in [-0.4, -0.2) is 11.0 Å². The van der Waals surface area contributed by atoms with Gasteiger partial charge in [0.15, 0.2) is 5.11 Å². The SMILES string of the molecule is CC1=C(C(=O)Nc2ccc(Br)cc2)C(c2ccccc2F)NC(=S)N1. The fourth-order valence-electron chi connectivity index (χ4n) is 2.67. The van der Waals surface area contributed by atoms with Crippen molar-refractivity contribution in [1.29, 1.82) is 0 Å². The summed E-state index contributed by atoms with van der Waals surface area (Å²) in [6.07, 6.45) is 0. The number of allylic oxidation sites excluding steroid dienone is 1. The summed E-state index contributed by atoms with van der Waals surface area (Å²) in [6, 6.07) is 12.9. The van der Waals surface area contributed by atoms with E-state index in [1.807, 2.05) is 12.1 Å². The van der Waals surface area contributed by atoms with E-state index in [9.17, 15) is 9.18 Å². The highest BCUT2D eigenvalue weighted by Crippen LogP contribution is 2.29. The van der Waals surface area contributed by atoms with E-state index in [1.54, 1.807) is 37.3 Å². The van der Waals surface area contributed by atoms with Gasteiger partial charge in [-0.25, -0.2) is 4.39 Å². The molecule has 1 aliphatic rings. The molecule has 1 atom stereocenters. The maximum absolute atomic E-state index is 14.3. The molecule has 0 saturated heterocycles. The molecule has 7 heteroatoms. The van der Waals surface area contributed by atoms with Crippen LogP contribution in [0.25, 0.3) is 0 Å². The molecule has 0 saturated carbocycles. The zero-order valence-electron chi connectivity index (χ0n) is 13.3. The zero-order valence-corrected chi connectivity index (χ0v) is 15.7. The second-order valence-corrected chi connectivity index (χ2v) is 6.88. The Bertz CT molecular complexity index is 867. The number of carbonyl (C=O) groups excluding carboxylic acids is 1. The molecule has 128 valence electrons. The van der Waals surface area contributed by atoms with Gasteiger partial charge < -0.3 is 16.0 Å². The van der Waals surface area contributed by atoms with Gasteiger partial charge in [-0.15, -0.1) is 0 Å². The Kier molecular flexibility index (Phi) is 5.15. The highest BCUT2D eigenvalue weighted by Gasteiger charge is 2.31. The van der Waals surface area contributed by atoms with Gasteiger partial charge in [-0.05, 0) is 49.5 Å². The Morgan fingerprint density at radius 2 is 1.88 bits per heavy atom. The van der Waals surface area contributed by atoms with Gasteiger partial charge >= 0.3 is 0 Å². The summed E-state index contributed by atoms with van der Waals surface area (Å²) in [4.78, 5) is 12.8. The van der Waals surface area contributed by atoms with Crippen LogP contribution in [-0.2, 0) is 4.79 Å². The fraction of sp³-hybridized carbons (Fsp3) is 0.111. The molecule has 3 rings (SSSR count). The third-order valence-corrected chi connectivity index (χ3v) is 4.58. The number of anilines is 1. The largest absolute Gasteiger partial charge is 0.351 e. The quantitative estimate of drug-likeness (QED) is 0.657. The van der Waals surface area contributed by atoms with E-state index in [1.165, 1.54) is 6.07 Å². The van der Waals surface area contributed by atoms with Crippen LogP contribution in [0.1, 0.15) is 18.5 Å². The molecule has 1 unspecified atom stereocenters. The lowest BCUT2D eigenvalue weighted by atomic mass is 9.94. The number of halogens is 2. The Morgan fingerprint density at radius 1 is 1.20 bits per heavy atom. The number of nitrogens with one attached hydrogen (secondary N) is 3. The minimum Gasteiger partial charge on any atom is -0.351 e. The second kappa shape index (κ2) is 7.33. The lowest BCUT2D eigenvalue weighted by molar-refractivity contribution is -0.113. The van der Waals surface area contributed by atoms with Crippen molar-refractivity contribution in [3.05, 3.63) is 75.7 Å². The third kappa shape index (κ3) is 3.88. The van der Waals surface area contributed by atoms with E-state index in [-0.39, 0.29) is 5.91 Å². The fourth-order valence-corrected chi connectivity index (χ4v) is 3.20. The standard InChI is InChI=1S/C18H15BrFN3OS/c1-10-15(17(24)22-12-8-6-11(19)7-9-12)16(23-18(25)21-10)13-4-2-3-5-14(13)20/h2-9,16H,1H3,(H,22,24)(H2,21,23,25). The molecule has 2 aromatic rings. The molecule has 0 bridgehead atoms. The normalized spacial score (nSPS) is 16.9. The molecule has 1 aliphatic heterocycles. The van der Waals surface area contributed by atoms with Gasteiger partial charge in [0, 0.05) is 21.4 Å². The molecule has 2 aromatic carbocycles. The lowest BCUT2D eigenvalue weighted by Gasteiger charge is -2.30. The van der Waals surface area contributed by atoms with Crippen molar-refractivity contribution < 1.29 is 9.18 Å². The molecule has 25 heavy (non-hydrogen) atoms. The maximum Gasteiger partial charge on any atom is 0.255 e. The topological polar surface area (TPSA) is 53.2 Å². The number of hydrogen-bond donors (Lipinski definition) is 3.